The first-order valence-corrected chi connectivity index (χ1v) is 8.09. The van der Waals surface area contributed by atoms with Gasteiger partial charge < -0.3 is 9.84 Å². The maximum absolute atomic E-state index is 12.4. The fourth-order valence-corrected chi connectivity index (χ4v) is 3.00. The van der Waals surface area contributed by atoms with Crippen LogP contribution in [0.1, 0.15) is 54.4 Å². The molecule has 0 aromatic carbocycles. The highest BCUT2D eigenvalue weighted by Crippen LogP contribution is 2.32. The molecule has 2 aliphatic rings. The number of hydroxylamine groups is 2. The summed E-state index contributed by atoms with van der Waals surface area (Å²) in [5, 5.41) is 12.0. The first-order chi connectivity index (χ1) is 9.97. The Bertz CT molecular complexity index is 413. The molecule has 2 saturated heterocycles. The van der Waals surface area contributed by atoms with E-state index in [0.29, 0.717) is 13.0 Å². The summed E-state index contributed by atoms with van der Waals surface area (Å²) < 4.78 is 5.46. The number of nitrogens with zero attached hydrogens (tertiary/aromatic N) is 2. The third kappa shape index (κ3) is 4.12. The van der Waals surface area contributed by atoms with Crippen LogP contribution in [0.25, 0.3) is 0 Å². The number of amides is 1. The summed E-state index contributed by atoms with van der Waals surface area (Å²) in [6.45, 7) is 13.0. The van der Waals surface area contributed by atoms with Crippen molar-refractivity contribution in [1.82, 2.24) is 9.96 Å². The van der Waals surface area contributed by atoms with Gasteiger partial charge in [-0.3, -0.25) is 9.74 Å². The van der Waals surface area contributed by atoms with Crippen LogP contribution in [0, 0.1) is 0 Å². The van der Waals surface area contributed by atoms with Gasteiger partial charge in [0.25, 0.3) is 0 Å². The number of carbonyl (C=O) groups excluding carboxylic acids is 1. The van der Waals surface area contributed by atoms with Gasteiger partial charge in [0.05, 0.1) is 18.7 Å². The molecule has 2 heterocycles. The molecule has 0 aliphatic carbocycles. The van der Waals surface area contributed by atoms with Gasteiger partial charge in [-0.2, -0.15) is 5.06 Å². The molecule has 1 amide bonds. The molecule has 3 atom stereocenters. The first kappa shape index (κ1) is 17.5. The molecule has 0 radical (unpaired) electrons. The van der Waals surface area contributed by atoms with Crippen molar-refractivity contribution >= 4 is 6.09 Å². The van der Waals surface area contributed by atoms with E-state index in [4.69, 9.17) is 9.57 Å². The Morgan fingerprint density at radius 3 is 2.36 bits per heavy atom. The number of hydrogen-bond acceptors (Lipinski definition) is 5. The molecule has 6 heteroatoms. The Morgan fingerprint density at radius 1 is 1.23 bits per heavy atom. The van der Waals surface area contributed by atoms with Gasteiger partial charge in [0, 0.05) is 12.1 Å². The number of aliphatic hydroxyl groups excluding tert-OH is 1. The van der Waals surface area contributed by atoms with Gasteiger partial charge in [0.15, 0.2) is 0 Å². The van der Waals surface area contributed by atoms with E-state index >= 15 is 0 Å². The Labute approximate surface area is 133 Å². The molecule has 2 rings (SSSR count). The van der Waals surface area contributed by atoms with Crippen LogP contribution in [0.5, 0.6) is 0 Å². The zero-order valence-electron chi connectivity index (χ0n) is 14.6. The minimum atomic E-state index is -0.539. The lowest BCUT2D eigenvalue weighted by molar-refractivity contribution is -0.204. The predicted molar refractivity (Wildman–Crippen MR) is 83.3 cm³/mol. The average molecular weight is 314 g/mol. The molecule has 0 spiro atoms. The van der Waals surface area contributed by atoms with E-state index in [2.05, 4.69) is 20.8 Å². The minimum Gasteiger partial charge on any atom is -0.444 e. The second-order valence-electron chi connectivity index (χ2n) is 8.30. The third-order valence-electron chi connectivity index (χ3n) is 4.01. The van der Waals surface area contributed by atoms with Crippen LogP contribution in [-0.4, -0.2) is 63.6 Å². The van der Waals surface area contributed by atoms with Crippen molar-refractivity contribution in [2.24, 2.45) is 0 Å². The van der Waals surface area contributed by atoms with Crippen LogP contribution in [0.2, 0.25) is 0 Å². The third-order valence-corrected chi connectivity index (χ3v) is 4.01. The van der Waals surface area contributed by atoms with E-state index in [0.717, 1.165) is 13.0 Å². The first-order valence-electron chi connectivity index (χ1n) is 8.09. The fourth-order valence-electron chi connectivity index (χ4n) is 3.00. The topological polar surface area (TPSA) is 62.2 Å². The van der Waals surface area contributed by atoms with Crippen molar-refractivity contribution in [3.8, 4) is 0 Å². The molecule has 0 aromatic rings. The zero-order chi connectivity index (χ0) is 16.7. The highest BCUT2D eigenvalue weighted by Gasteiger charge is 2.45. The summed E-state index contributed by atoms with van der Waals surface area (Å²) in [6.07, 6.45) is 0.441. The van der Waals surface area contributed by atoms with Gasteiger partial charge in [-0.1, -0.05) is 0 Å². The van der Waals surface area contributed by atoms with E-state index in [9.17, 15) is 9.90 Å². The lowest BCUT2D eigenvalue weighted by Crippen LogP contribution is -2.46. The van der Waals surface area contributed by atoms with E-state index in [1.165, 1.54) is 0 Å². The molecule has 6 nitrogen and oxygen atoms in total. The lowest BCUT2D eigenvalue weighted by atomic mass is 10.0. The van der Waals surface area contributed by atoms with Crippen molar-refractivity contribution in [3.63, 3.8) is 0 Å². The Morgan fingerprint density at radius 2 is 1.86 bits per heavy atom. The highest BCUT2D eigenvalue weighted by molar-refractivity contribution is 5.69. The fraction of sp³-hybridized carbons (Fsp3) is 0.938. The largest absolute Gasteiger partial charge is 0.444 e. The quantitative estimate of drug-likeness (QED) is 0.803. The summed E-state index contributed by atoms with van der Waals surface area (Å²) in [5.74, 6) is 0. The van der Waals surface area contributed by atoms with Crippen molar-refractivity contribution < 1.29 is 19.5 Å². The molecule has 128 valence electrons. The van der Waals surface area contributed by atoms with Crippen LogP contribution in [0.4, 0.5) is 4.79 Å². The zero-order valence-corrected chi connectivity index (χ0v) is 14.6. The SMILES string of the molecule is CC(C)(C)OC(=O)N1C[C@H](O)C[C@H]1[C@@H]1CCN(C(C)(C)C)O1. The van der Waals surface area contributed by atoms with Crippen LogP contribution >= 0.6 is 0 Å². The van der Waals surface area contributed by atoms with E-state index < -0.39 is 11.7 Å². The highest BCUT2D eigenvalue weighted by atomic mass is 16.7. The van der Waals surface area contributed by atoms with Gasteiger partial charge in [0.2, 0.25) is 0 Å². The van der Waals surface area contributed by atoms with Crippen molar-refractivity contribution in [3.05, 3.63) is 0 Å². The van der Waals surface area contributed by atoms with Gasteiger partial charge in [0.1, 0.15) is 11.7 Å². The normalized spacial score (nSPS) is 30.9. The maximum Gasteiger partial charge on any atom is 0.410 e. The molecular formula is C16H30N2O4. The number of hydrogen-bond donors (Lipinski definition) is 1. The predicted octanol–water partition coefficient (Wildman–Crippen LogP) is 2.16. The lowest BCUT2D eigenvalue weighted by Gasteiger charge is -2.33. The van der Waals surface area contributed by atoms with Crippen molar-refractivity contribution in [2.75, 3.05) is 13.1 Å². The standard InChI is InChI=1S/C16H30N2O4/c1-15(2,3)18-8-7-13(22-18)12-9-11(19)10-17(12)14(20)21-16(4,5)6/h11-13,19H,7-10H2,1-6H3/t11-,12+,13+/m1/s1. The average Bonchev–Trinajstić information content (AvgIpc) is 2.91. The molecule has 22 heavy (non-hydrogen) atoms. The van der Waals surface area contributed by atoms with Gasteiger partial charge in [-0.15, -0.1) is 0 Å². The van der Waals surface area contributed by atoms with E-state index in [1.807, 2.05) is 25.8 Å². The molecule has 0 bridgehead atoms. The molecule has 2 aliphatic heterocycles. The van der Waals surface area contributed by atoms with Crippen molar-refractivity contribution in [1.29, 1.82) is 0 Å². The van der Waals surface area contributed by atoms with Gasteiger partial charge in [-0.05, 0) is 54.4 Å². The molecule has 0 aromatic heterocycles. The number of aliphatic hydroxyl groups is 1. The summed E-state index contributed by atoms with van der Waals surface area (Å²) in [5.41, 5.74) is -0.605. The monoisotopic (exact) mass is 314 g/mol. The summed E-state index contributed by atoms with van der Waals surface area (Å²) in [6, 6.07) is -0.128. The number of carbonyl (C=O) groups is 1. The van der Waals surface area contributed by atoms with Gasteiger partial charge >= 0.3 is 6.09 Å². The molecule has 0 unspecified atom stereocenters. The molecular weight excluding hydrogens is 284 g/mol. The van der Waals surface area contributed by atoms with Crippen molar-refractivity contribution in [2.45, 2.75) is 83.8 Å². The number of likely N-dealkylation sites (tertiary alicyclic amines) is 1. The summed E-state index contributed by atoms with van der Waals surface area (Å²) in [7, 11) is 0. The Balaban J connectivity index is 2.04. The maximum atomic E-state index is 12.4. The van der Waals surface area contributed by atoms with Crippen LogP contribution in [-0.2, 0) is 9.57 Å². The van der Waals surface area contributed by atoms with E-state index in [-0.39, 0.29) is 23.8 Å². The Kier molecular flexibility index (Phi) is 4.76. The minimum absolute atomic E-state index is 0.0667. The number of rotatable bonds is 1. The van der Waals surface area contributed by atoms with Crippen LogP contribution in [0.3, 0.4) is 0 Å². The molecule has 2 fully saturated rings. The second-order valence-corrected chi connectivity index (χ2v) is 8.30. The number of ether oxygens (including phenoxy) is 1. The van der Waals surface area contributed by atoms with E-state index in [1.54, 1.807) is 4.90 Å². The Hall–Kier alpha value is -0.850. The summed E-state index contributed by atoms with van der Waals surface area (Å²) >= 11 is 0. The number of β-amino-alcohol motifs (C(OH)–C–C–N with tert-alkyl or cyclic N) is 1. The molecule has 0 saturated carbocycles. The summed E-state index contributed by atoms with van der Waals surface area (Å²) in [4.78, 5) is 20.0. The second kappa shape index (κ2) is 5.98. The molecule has 1 N–H and O–H groups in total. The van der Waals surface area contributed by atoms with Crippen LogP contribution < -0.4 is 0 Å². The van der Waals surface area contributed by atoms with Crippen LogP contribution in [0.15, 0.2) is 0 Å². The smallest absolute Gasteiger partial charge is 0.410 e. The van der Waals surface area contributed by atoms with Gasteiger partial charge in [-0.25, -0.2) is 4.79 Å².